The SMILES string of the molecule is CCNC(=O)[C@@H]1C[C@H](N)CN1C(=O)Cc1ccc(OC)cc1OC. The summed E-state index contributed by atoms with van der Waals surface area (Å²) in [5.74, 6) is 0.954. The van der Waals surface area contributed by atoms with E-state index in [2.05, 4.69) is 5.32 Å². The minimum Gasteiger partial charge on any atom is -0.497 e. The normalized spacial score (nSPS) is 19.9. The first-order valence-electron chi connectivity index (χ1n) is 8.03. The fourth-order valence-electron chi connectivity index (χ4n) is 2.95. The van der Waals surface area contributed by atoms with E-state index in [0.717, 1.165) is 5.56 Å². The van der Waals surface area contributed by atoms with E-state index in [1.54, 1.807) is 37.3 Å². The van der Waals surface area contributed by atoms with Crippen molar-refractivity contribution in [3.8, 4) is 11.5 Å². The molecule has 1 aliphatic rings. The maximum atomic E-state index is 12.7. The van der Waals surface area contributed by atoms with Crippen molar-refractivity contribution in [3.63, 3.8) is 0 Å². The van der Waals surface area contributed by atoms with Crippen molar-refractivity contribution in [2.24, 2.45) is 5.73 Å². The Morgan fingerprint density at radius 3 is 2.71 bits per heavy atom. The van der Waals surface area contributed by atoms with Gasteiger partial charge in [-0.1, -0.05) is 6.07 Å². The lowest BCUT2D eigenvalue weighted by Gasteiger charge is -2.24. The number of methoxy groups -OCH3 is 2. The minimum atomic E-state index is -0.503. The van der Waals surface area contributed by atoms with Crippen molar-refractivity contribution in [3.05, 3.63) is 23.8 Å². The molecule has 0 unspecified atom stereocenters. The van der Waals surface area contributed by atoms with Crippen LogP contribution >= 0.6 is 0 Å². The number of benzene rings is 1. The van der Waals surface area contributed by atoms with Gasteiger partial charge in [0.1, 0.15) is 17.5 Å². The number of carbonyl (C=O) groups excluding carboxylic acids is 2. The van der Waals surface area contributed by atoms with Gasteiger partial charge >= 0.3 is 0 Å². The van der Waals surface area contributed by atoms with Crippen molar-refractivity contribution in [1.29, 1.82) is 0 Å². The Balaban J connectivity index is 2.14. The lowest BCUT2D eigenvalue weighted by molar-refractivity contribution is -0.137. The highest BCUT2D eigenvalue weighted by Crippen LogP contribution is 2.26. The number of nitrogens with zero attached hydrogens (tertiary/aromatic N) is 1. The molecular weight excluding hydrogens is 310 g/mol. The van der Waals surface area contributed by atoms with Crippen LogP contribution in [-0.4, -0.2) is 56.1 Å². The van der Waals surface area contributed by atoms with E-state index in [0.29, 0.717) is 31.0 Å². The van der Waals surface area contributed by atoms with Gasteiger partial charge in [0, 0.05) is 30.8 Å². The third kappa shape index (κ3) is 3.97. The molecule has 3 N–H and O–H groups in total. The fraction of sp³-hybridized carbons (Fsp3) is 0.529. The van der Waals surface area contributed by atoms with Gasteiger partial charge in [-0.25, -0.2) is 0 Å². The van der Waals surface area contributed by atoms with Crippen LogP contribution in [0, 0.1) is 0 Å². The summed E-state index contributed by atoms with van der Waals surface area (Å²) < 4.78 is 10.5. The van der Waals surface area contributed by atoms with Crippen molar-refractivity contribution < 1.29 is 19.1 Å². The molecular formula is C17H25N3O4. The standard InChI is InChI=1S/C17H25N3O4/c1-4-19-17(22)14-8-12(18)10-20(14)16(21)7-11-5-6-13(23-2)9-15(11)24-3/h5-6,9,12,14H,4,7-8,10,18H2,1-3H3,(H,19,22)/t12-,14-/m0/s1. The van der Waals surface area contributed by atoms with Crippen molar-refractivity contribution in [2.45, 2.75) is 31.8 Å². The second-order valence-electron chi connectivity index (χ2n) is 5.81. The van der Waals surface area contributed by atoms with E-state index in [-0.39, 0.29) is 24.3 Å². The molecule has 7 heteroatoms. The van der Waals surface area contributed by atoms with Crippen LogP contribution in [0.3, 0.4) is 0 Å². The fourth-order valence-corrected chi connectivity index (χ4v) is 2.95. The molecule has 1 saturated heterocycles. The lowest BCUT2D eigenvalue weighted by atomic mass is 10.1. The van der Waals surface area contributed by atoms with Crippen LogP contribution < -0.4 is 20.5 Å². The maximum absolute atomic E-state index is 12.7. The molecule has 0 saturated carbocycles. The van der Waals surface area contributed by atoms with Gasteiger partial charge in [0.15, 0.2) is 0 Å². The Morgan fingerprint density at radius 2 is 2.08 bits per heavy atom. The average molecular weight is 335 g/mol. The van der Waals surface area contributed by atoms with Gasteiger partial charge in [0.2, 0.25) is 11.8 Å². The van der Waals surface area contributed by atoms with Crippen LogP contribution in [-0.2, 0) is 16.0 Å². The van der Waals surface area contributed by atoms with Crippen molar-refractivity contribution in [1.82, 2.24) is 10.2 Å². The molecule has 0 spiro atoms. The number of nitrogens with one attached hydrogen (secondary N) is 1. The number of rotatable bonds is 6. The second kappa shape index (κ2) is 8.01. The summed E-state index contributed by atoms with van der Waals surface area (Å²) in [7, 11) is 3.12. The number of likely N-dealkylation sites (N-methyl/N-ethyl adjacent to an activating group) is 1. The monoisotopic (exact) mass is 335 g/mol. The van der Waals surface area contributed by atoms with Gasteiger partial charge in [0.05, 0.1) is 20.6 Å². The predicted octanol–water partition coefficient (Wildman–Crippen LogP) is 0.311. The molecule has 24 heavy (non-hydrogen) atoms. The first-order chi connectivity index (χ1) is 11.5. The molecule has 2 rings (SSSR count). The van der Waals surface area contributed by atoms with Crippen LogP contribution in [0.2, 0.25) is 0 Å². The number of likely N-dealkylation sites (tertiary alicyclic amines) is 1. The van der Waals surface area contributed by atoms with Gasteiger partial charge in [-0.05, 0) is 19.4 Å². The molecule has 0 bridgehead atoms. The Labute approximate surface area is 142 Å². The zero-order valence-corrected chi connectivity index (χ0v) is 14.4. The first kappa shape index (κ1) is 18.1. The van der Waals surface area contributed by atoms with Gasteiger partial charge in [0.25, 0.3) is 0 Å². The molecule has 132 valence electrons. The molecule has 1 aromatic rings. The number of hydrogen-bond donors (Lipinski definition) is 2. The predicted molar refractivity (Wildman–Crippen MR) is 90.0 cm³/mol. The minimum absolute atomic E-state index is 0.136. The maximum Gasteiger partial charge on any atom is 0.242 e. The molecule has 1 aliphatic heterocycles. The highest BCUT2D eigenvalue weighted by atomic mass is 16.5. The van der Waals surface area contributed by atoms with E-state index < -0.39 is 6.04 Å². The first-order valence-corrected chi connectivity index (χ1v) is 8.03. The summed E-state index contributed by atoms with van der Waals surface area (Å²) >= 11 is 0. The molecule has 1 heterocycles. The molecule has 2 atom stereocenters. The van der Waals surface area contributed by atoms with Crippen LogP contribution in [0.4, 0.5) is 0 Å². The van der Waals surface area contributed by atoms with E-state index in [9.17, 15) is 9.59 Å². The summed E-state index contributed by atoms with van der Waals surface area (Å²) in [6, 6.07) is 4.63. The van der Waals surface area contributed by atoms with E-state index >= 15 is 0 Å². The molecule has 1 aromatic carbocycles. The van der Waals surface area contributed by atoms with E-state index in [1.807, 2.05) is 6.92 Å². The van der Waals surface area contributed by atoms with Crippen LogP contribution in [0.15, 0.2) is 18.2 Å². The number of nitrogens with two attached hydrogens (primary N) is 1. The van der Waals surface area contributed by atoms with Crippen LogP contribution in [0.1, 0.15) is 18.9 Å². The molecule has 0 aliphatic carbocycles. The molecule has 7 nitrogen and oxygen atoms in total. The van der Waals surface area contributed by atoms with Gasteiger partial charge in [-0.15, -0.1) is 0 Å². The van der Waals surface area contributed by atoms with Crippen LogP contribution in [0.25, 0.3) is 0 Å². The summed E-state index contributed by atoms with van der Waals surface area (Å²) in [6.45, 7) is 2.76. The third-order valence-corrected chi connectivity index (χ3v) is 4.14. The zero-order chi connectivity index (χ0) is 17.7. The molecule has 1 fully saturated rings. The highest BCUT2D eigenvalue weighted by Gasteiger charge is 2.37. The molecule has 2 amide bonds. The van der Waals surface area contributed by atoms with Gasteiger partial charge in [-0.2, -0.15) is 0 Å². The summed E-state index contributed by atoms with van der Waals surface area (Å²) in [5.41, 5.74) is 6.71. The third-order valence-electron chi connectivity index (χ3n) is 4.14. The lowest BCUT2D eigenvalue weighted by Crippen LogP contribution is -2.46. The van der Waals surface area contributed by atoms with E-state index in [1.165, 1.54) is 0 Å². The number of carbonyl (C=O) groups is 2. The molecule has 0 aromatic heterocycles. The highest BCUT2D eigenvalue weighted by molar-refractivity contribution is 5.89. The van der Waals surface area contributed by atoms with E-state index in [4.69, 9.17) is 15.2 Å². The Bertz CT molecular complexity index is 605. The largest absolute Gasteiger partial charge is 0.497 e. The Kier molecular flexibility index (Phi) is 6.03. The number of ether oxygens (including phenoxy) is 2. The van der Waals surface area contributed by atoms with Crippen molar-refractivity contribution in [2.75, 3.05) is 27.3 Å². The number of hydrogen-bond acceptors (Lipinski definition) is 5. The van der Waals surface area contributed by atoms with Crippen molar-refractivity contribution >= 4 is 11.8 Å². The summed E-state index contributed by atoms with van der Waals surface area (Å²) in [5, 5.41) is 2.76. The topological polar surface area (TPSA) is 93.9 Å². The summed E-state index contributed by atoms with van der Waals surface area (Å²) in [6.07, 6.45) is 0.632. The number of amides is 2. The smallest absolute Gasteiger partial charge is 0.242 e. The quantitative estimate of drug-likeness (QED) is 0.780. The van der Waals surface area contributed by atoms with Crippen LogP contribution in [0.5, 0.6) is 11.5 Å². The average Bonchev–Trinajstić information content (AvgIpc) is 2.97. The Hall–Kier alpha value is -2.28. The second-order valence-corrected chi connectivity index (χ2v) is 5.81. The summed E-state index contributed by atoms with van der Waals surface area (Å²) in [4.78, 5) is 26.4. The molecule has 0 radical (unpaired) electrons. The van der Waals surface area contributed by atoms with Gasteiger partial charge < -0.3 is 25.4 Å². The van der Waals surface area contributed by atoms with Gasteiger partial charge in [-0.3, -0.25) is 9.59 Å². The zero-order valence-electron chi connectivity index (χ0n) is 14.4. The Morgan fingerprint density at radius 1 is 1.33 bits per heavy atom.